The lowest BCUT2D eigenvalue weighted by atomic mass is 9.94. The standard InChI is InChI=1S/C24H28N2O7S/c1-14-7-15(2)12-26(11-14)34(29,30)23-8-17(5-6-20(23)31-4)24(28)25-19-10-22-21(32-13-33-22)9-18(19)16(3)27/h5-6,8-10,14-15H,7,11-13H2,1-4H3,(H,25,28)/t14-,15-/m1/s1. The van der Waals surface area contributed by atoms with Crippen LogP contribution in [-0.2, 0) is 10.0 Å². The van der Waals surface area contributed by atoms with Crippen LogP contribution in [0.1, 0.15) is 47.9 Å². The molecule has 2 atom stereocenters. The van der Waals surface area contributed by atoms with E-state index in [2.05, 4.69) is 5.32 Å². The van der Waals surface area contributed by atoms with Gasteiger partial charge in [-0.2, -0.15) is 4.31 Å². The molecule has 0 saturated carbocycles. The molecule has 10 heteroatoms. The summed E-state index contributed by atoms with van der Waals surface area (Å²) in [5, 5.41) is 2.70. The summed E-state index contributed by atoms with van der Waals surface area (Å²) >= 11 is 0. The summed E-state index contributed by atoms with van der Waals surface area (Å²) < 4.78 is 44.4. The van der Waals surface area contributed by atoms with E-state index in [1.54, 1.807) is 0 Å². The molecule has 2 aliphatic heterocycles. The van der Waals surface area contributed by atoms with Crippen LogP contribution in [-0.4, -0.2) is 51.4 Å². The number of Topliss-reactive ketones (excluding diaryl/α,β-unsaturated/α-hetero) is 1. The zero-order valence-corrected chi connectivity index (χ0v) is 20.4. The Balaban J connectivity index is 1.67. The Kier molecular flexibility index (Phi) is 6.55. The maximum atomic E-state index is 13.5. The first-order valence-corrected chi connectivity index (χ1v) is 12.5. The fourth-order valence-corrected chi connectivity index (χ4v) is 6.35. The quantitative estimate of drug-likeness (QED) is 0.619. The number of amides is 1. The van der Waals surface area contributed by atoms with Crippen LogP contribution in [0.15, 0.2) is 35.2 Å². The first kappa shape index (κ1) is 24.0. The van der Waals surface area contributed by atoms with Crippen molar-refractivity contribution in [3.8, 4) is 17.2 Å². The van der Waals surface area contributed by atoms with E-state index < -0.39 is 15.9 Å². The van der Waals surface area contributed by atoms with Crippen LogP contribution in [0.5, 0.6) is 17.2 Å². The van der Waals surface area contributed by atoms with E-state index in [-0.39, 0.29) is 51.9 Å². The van der Waals surface area contributed by atoms with Crippen LogP contribution in [0, 0.1) is 11.8 Å². The van der Waals surface area contributed by atoms with Crippen LogP contribution in [0.4, 0.5) is 5.69 Å². The molecule has 1 amide bonds. The van der Waals surface area contributed by atoms with Gasteiger partial charge in [-0.25, -0.2) is 8.42 Å². The monoisotopic (exact) mass is 488 g/mol. The number of ether oxygens (including phenoxy) is 3. The third kappa shape index (κ3) is 4.60. The van der Waals surface area contributed by atoms with Gasteiger partial charge < -0.3 is 19.5 Å². The fourth-order valence-electron chi connectivity index (χ4n) is 4.49. The predicted molar refractivity (Wildman–Crippen MR) is 125 cm³/mol. The predicted octanol–water partition coefficient (Wildman–Crippen LogP) is 3.55. The third-order valence-electron chi connectivity index (χ3n) is 6.02. The first-order chi connectivity index (χ1) is 16.1. The summed E-state index contributed by atoms with van der Waals surface area (Å²) in [4.78, 5) is 25.2. The summed E-state index contributed by atoms with van der Waals surface area (Å²) in [6, 6.07) is 7.30. The lowest BCUT2D eigenvalue weighted by Gasteiger charge is -2.34. The first-order valence-electron chi connectivity index (χ1n) is 11.0. The maximum Gasteiger partial charge on any atom is 0.255 e. The van der Waals surface area contributed by atoms with E-state index in [4.69, 9.17) is 14.2 Å². The summed E-state index contributed by atoms with van der Waals surface area (Å²) in [5.41, 5.74) is 0.626. The number of hydrogen-bond acceptors (Lipinski definition) is 7. The van der Waals surface area contributed by atoms with Crippen LogP contribution in [0.3, 0.4) is 0 Å². The molecule has 2 aromatic carbocycles. The molecule has 0 spiro atoms. The molecule has 1 fully saturated rings. The number of hydrogen-bond donors (Lipinski definition) is 1. The summed E-state index contributed by atoms with van der Waals surface area (Å²) in [5.74, 6) is 0.618. The molecule has 2 heterocycles. The van der Waals surface area contributed by atoms with Gasteiger partial charge in [0.05, 0.1) is 12.8 Å². The molecule has 0 bridgehead atoms. The van der Waals surface area contributed by atoms with Gasteiger partial charge in [0, 0.05) is 30.3 Å². The number of anilines is 1. The Morgan fingerprint density at radius 2 is 1.71 bits per heavy atom. The van der Waals surface area contributed by atoms with Crippen molar-refractivity contribution in [1.29, 1.82) is 0 Å². The number of nitrogens with zero attached hydrogens (tertiary/aromatic N) is 1. The molecule has 1 N–H and O–H groups in total. The van der Waals surface area contributed by atoms with Gasteiger partial charge in [0.25, 0.3) is 5.91 Å². The molecule has 4 rings (SSSR count). The van der Waals surface area contributed by atoms with Crippen molar-refractivity contribution in [1.82, 2.24) is 4.31 Å². The second kappa shape index (κ2) is 9.27. The molecule has 2 aromatic rings. The average molecular weight is 489 g/mol. The molecule has 0 radical (unpaired) electrons. The summed E-state index contributed by atoms with van der Waals surface area (Å²) in [6.07, 6.45) is 0.958. The third-order valence-corrected chi connectivity index (χ3v) is 7.87. The van der Waals surface area contributed by atoms with Gasteiger partial charge in [-0.1, -0.05) is 13.8 Å². The summed E-state index contributed by atoms with van der Waals surface area (Å²) in [6.45, 7) is 6.27. The van der Waals surface area contributed by atoms with E-state index >= 15 is 0 Å². The maximum absolute atomic E-state index is 13.5. The molecular formula is C24H28N2O7S. The molecule has 9 nitrogen and oxygen atoms in total. The van der Waals surface area contributed by atoms with E-state index in [0.29, 0.717) is 24.6 Å². The van der Waals surface area contributed by atoms with E-state index in [1.165, 1.54) is 48.7 Å². The Hall–Kier alpha value is -3.11. The molecule has 1 saturated heterocycles. The Morgan fingerprint density at radius 1 is 1.06 bits per heavy atom. The van der Waals surface area contributed by atoms with Gasteiger partial charge in [-0.05, 0) is 49.4 Å². The molecule has 0 aromatic heterocycles. The minimum absolute atomic E-state index is 0.0253. The number of piperidine rings is 1. The second-order valence-corrected chi connectivity index (χ2v) is 10.8. The van der Waals surface area contributed by atoms with Crippen molar-refractivity contribution in [2.45, 2.75) is 32.1 Å². The molecule has 182 valence electrons. The number of nitrogens with one attached hydrogen (secondary N) is 1. The van der Waals surface area contributed by atoms with Crippen molar-refractivity contribution in [3.05, 3.63) is 41.5 Å². The number of rotatable bonds is 6. The van der Waals surface area contributed by atoms with Crippen molar-refractivity contribution in [3.63, 3.8) is 0 Å². The lowest BCUT2D eigenvalue weighted by molar-refractivity contribution is 0.101. The Morgan fingerprint density at radius 3 is 2.32 bits per heavy atom. The zero-order chi connectivity index (χ0) is 24.6. The Labute approximate surface area is 199 Å². The highest BCUT2D eigenvalue weighted by molar-refractivity contribution is 7.89. The number of sulfonamides is 1. The number of fused-ring (bicyclic) bond motifs is 1. The van der Waals surface area contributed by atoms with Crippen molar-refractivity contribution in [2.75, 3.05) is 32.3 Å². The minimum atomic E-state index is -3.89. The molecule has 34 heavy (non-hydrogen) atoms. The molecule has 0 aliphatic carbocycles. The zero-order valence-electron chi connectivity index (χ0n) is 19.6. The molecular weight excluding hydrogens is 460 g/mol. The fraction of sp³-hybridized carbons (Fsp3) is 0.417. The van der Waals surface area contributed by atoms with Gasteiger partial charge in [0.2, 0.25) is 16.8 Å². The van der Waals surface area contributed by atoms with Crippen LogP contribution < -0.4 is 19.5 Å². The van der Waals surface area contributed by atoms with Crippen LogP contribution >= 0.6 is 0 Å². The van der Waals surface area contributed by atoms with Gasteiger partial charge in [0.15, 0.2) is 17.3 Å². The van der Waals surface area contributed by atoms with E-state index in [0.717, 1.165) is 6.42 Å². The second-order valence-electron chi connectivity index (χ2n) is 8.90. The normalized spacial score (nSPS) is 20.1. The average Bonchev–Trinajstić information content (AvgIpc) is 3.24. The van der Waals surface area contributed by atoms with Crippen LogP contribution in [0.25, 0.3) is 0 Å². The van der Waals surface area contributed by atoms with Gasteiger partial charge >= 0.3 is 0 Å². The number of benzene rings is 2. The smallest absolute Gasteiger partial charge is 0.255 e. The SMILES string of the molecule is COc1ccc(C(=O)Nc2cc3c(cc2C(C)=O)OCO3)cc1S(=O)(=O)N1C[C@H](C)C[C@@H](C)C1. The summed E-state index contributed by atoms with van der Waals surface area (Å²) in [7, 11) is -2.50. The van der Waals surface area contributed by atoms with Crippen molar-refractivity contribution in [2.24, 2.45) is 11.8 Å². The van der Waals surface area contributed by atoms with Gasteiger partial charge in [0.1, 0.15) is 10.6 Å². The molecule has 0 unspecified atom stereocenters. The highest BCUT2D eigenvalue weighted by Crippen LogP contribution is 2.38. The minimum Gasteiger partial charge on any atom is -0.495 e. The van der Waals surface area contributed by atoms with Gasteiger partial charge in [-0.3, -0.25) is 9.59 Å². The number of ketones is 1. The lowest BCUT2D eigenvalue weighted by Crippen LogP contribution is -2.42. The number of carbonyl (C=O) groups excluding carboxylic acids is 2. The van der Waals surface area contributed by atoms with Crippen molar-refractivity contribution >= 4 is 27.4 Å². The highest BCUT2D eigenvalue weighted by atomic mass is 32.2. The Bertz CT molecular complexity index is 1230. The largest absolute Gasteiger partial charge is 0.495 e. The van der Waals surface area contributed by atoms with Crippen LogP contribution in [0.2, 0.25) is 0 Å². The topological polar surface area (TPSA) is 111 Å². The van der Waals surface area contributed by atoms with Crippen molar-refractivity contribution < 1.29 is 32.2 Å². The van der Waals surface area contributed by atoms with E-state index in [1.807, 2.05) is 13.8 Å². The van der Waals surface area contributed by atoms with E-state index in [9.17, 15) is 18.0 Å². The van der Waals surface area contributed by atoms with Gasteiger partial charge in [-0.15, -0.1) is 0 Å². The molecule has 2 aliphatic rings. The number of carbonyl (C=O) groups is 2. The number of methoxy groups -OCH3 is 1. The highest BCUT2D eigenvalue weighted by Gasteiger charge is 2.34.